The molecule has 3 rings (SSSR count). The maximum atomic E-state index is 15.4. The van der Waals surface area contributed by atoms with Crippen molar-refractivity contribution in [3.63, 3.8) is 0 Å². The van der Waals surface area contributed by atoms with Gasteiger partial charge in [0, 0.05) is 54.2 Å². The standard InChI is InChI=1S/C36H38ClF5N4O6/c1-21(2)28(32(49)36(40,41)42)17-29(47)31(22-10-12-27(52-3)13-11-22)46-34(51)23(7-4-5-14-45-33(50)24-18-43-20-44-19-24)15-30(48)35(38,39)25-8-6-9-26(37)16-25/h6,8-13,16,18-21,23,28,31H,4-5,7,14-15,17H2,1-3H3,(H,45,50)(H,46,51)/t23-,28+,31+/m1/s1. The van der Waals surface area contributed by atoms with Gasteiger partial charge in [-0.05, 0) is 48.6 Å². The maximum Gasteiger partial charge on any atom is 0.450 e. The number of carbonyl (C=O) groups is 5. The van der Waals surface area contributed by atoms with E-state index >= 15 is 8.78 Å². The van der Waals surface area contributed by atoms with Gasteiger partial charge in [-0.1, -0.05) is 56.1 Å². The third-order valence-corrected chi connectivity index (χ3v) is 8.56. The molecular weight excluding hydrogens is 715 g/mol. The van der Waals surface area contributed by atoms with Crippen LogP contribution in [0.15, 0.2) is 67.3 Å². The molecule has 0 aliphatic heterocycles. The number of methoxy groups -OCH3 is 1. The quantitative estimate of drug-likeness (QED) is 0.103. The van der Waals surface area contributed by atoms with Crippen molar-refractivity contribution in [2.24, 2.45) is 17.8 Å². The van der Waals surface area contributed by atoms with Gasteiger partial charge in [-0.25, -0.2) is 9.97 Å². The minimum atomic E-state index is -5.22. The second-order valence-corrected chi connectivity index (χ2v) is 12.8. The molecule has 10 nitrogen and oxygen atoms in total. The Kier molecular flexibility index (Phi) is 14.9. The fourth-order valence-electron chi connectivity index (χ4n) is 5.34. The van der Waals surface area contributed by atoms with E-state index in [1.165, 1.54) is 76.1 Å². The Morgan fingerprint density at radius 3 is 2.13 bits per heavy atom. The molecule has 0 saturated heterocycles. The number of amides is 2. The average Bonchev–Trinajstić information content (AvgIpc) is 3.11. The molecule has 0 radical (unpaired) electrons. The van der Waals surface area contributed by atoms with E-state index in [9.17, 15) is 37.1 Å². The summed E-state index contributed by atoms with van der Waals surface area (Å²) in [5, 5.41) is 5.04. The third-order valence-electron chi connectivity index (χ3n) is 8.33. The molecule has 16 heteroatoms. The second-order valence-electron chi connectivity index (χ2n) is 12.4. The first kappa shape index (κ1) is 41.6. The third kappa shape index (κ3) is 11.6. The fraction of sp³-hybridized carbons (Fsp3) is 0.417. The molecule has 3 aromatic rings. The molecule has 0 spiro atoms. The summed E-state index contributed by atoms with van der Waals surface area (Å²) < 4.78 is 76.2. The molecule has 52 heavy (non-hydrogen) atoms. The molecule has 1 aromatic heterocycles. The predicted molar refractivity (Wildman–Crippen MR) is 180 cm³/mol. The van der Waals surface area contributed by atoms with Crippen LogP contribution in [0.4, 0.5) is 22.0 Å². The van der Waals surface area contributed by atoms with Gasteiger partial charge in [0.15, 0.2) is 5.78 Å². The second kappa shape index (κ2) is 18.6. The summed E-state index contributed by atoms with van der Waals surface area (Å²) in [6.45, 7) is 2.80. The van der Waals surface area contributed by atoms with E-state index in [2.05, 4.69) is 20.6 Å². The summed E-state index contributed by atoms with van der Waals surface area (Å²) in [6.07, 6.45) is -3.00. The summed E-state index contributed by atoms with van der Waals surface area (Å²) in [7, 11) is 1.37. The number of alkyl halides is 5. The SMILES string of the molecule is COc1ccc([C@H](NC(=O)[C@H](CCCCNC(=O)c2cncnc2)CC(=O)C(F)(F)c2cccc(Cl)c2)C(=O)C[C@H](C(=O)C(F)(F)F)C(C)C)cc1. The van der Waals surface area contributed by atoms with Gasteiger partial charge in [0.05, 0.1) is 12.7 Å². The molecule has 2 amide bonds. The van der Waals surface area contributed by atoms with E-state index in [0.717, 1.165) is 12.1 Å². The maximum absolute atomic E-state index is 15.4. The van der Waals surface area contributed by atoms with Crippen LogP contribution in [-0.2, 0) is 25.1 Å². The largest absolute Gasteiger partial charge is 0.497 e. The lowest BCUT2D eigenvalue weighted by molar-refractivity contribution is -0.177. The number of aromatic nitrogens is 2. The molecule has 2 aromatic carbocycles. The number of unbranched alkanes of at least 4 members (excludes halogenated alkanes) is 1. The van der Waals surface area contributed by atoms with E-state index in [0.29, 0.717) is 5.75 Å². The number of hydrogen-bond acceptors (Lipinski definition) is 8. The van der Waals surface area contributed by atoms with E-state index in [-0.39, 0.29) is 42.0 Å². The highest BCUT2D eigenvalue weighted by Crippen LogP contribution is 2.34. The van der Waals surface area contributed by atoms with Crippen molar-refractivity contribution in [1.82, 2.24) is 20.6 Å². The van der Waals surface area contributed by atoms with Crippen molar-refractivity contribution < 1.29 is 50.7 Å². The lowest BCUT2D eigenvalue weighted by Gasteiger charge is -2.26. The van der Waals surface area contributed by atoms with Crippen LogP contribution in [0.2, 0.25) is 5.02 Å². The van der Waals surface area contributed by atoms with Crippen LogP contribution in [0, 0.1) is 17.8 Å². The van der Waals surface area contributed by atoms with Crippen molar-refractivity contribution >= 4 is 40.8 Å². The number of halogens is 6. The van der Waals surface area contributed by atoms with Crippen LogP contribution in [-0.4, -0.2) is 59.0 Å². The van der Waals surface area contributed by atoms with Crippen LogP contribution in [0.5, 0.6) is 5.75 Å². The molecular formula is C36H38ClF5N4O6. The lowest BCUT2D eigenvalue weighted by atomic mass is 9.84. The van der Waals surface area contributed by atoms with Gasteiger partial charge in [-0.15, -0.1) is 0 Å². The Labute approximate surface area is 301 Å². The molecule has 0 aliphatic rings. The Balaban J connectivity index is 1.88. The molecule has 0 bridgehead atoms. The fourth-order valence-corrected chi connectivity index (χ4v) is 5.53. The van der Waals surface area contributed by atoms with Crippen LogP contribution < -0.4 is 15.4 Å². The number of nitrogens with zero attached hydrogens (tertiary/aromatic N) is 2. The van der Waals surface area contributed by atoms with Crippen molar-refractivity contribution in [3.05, 3.63) is 89.0 Å². The number of hydrogen-bond donors (Lipinski definition) is 2. The molecule has 0 saturated carbocycles. The monoisotopic (exact) mass is 752 g/mol. The van der Waals surface area contributed by atoms with Crippen LogP contribution in [0.1, 0.15) is 73.5 Å². The number of ether oxygens (including phenoxy) is 1. The van der Waals surface area contributed by atoms with Gasteiger partial charge in [-0.2, -0.15) is 22.0 Å². The summed E-state index contributed by atoms with van der Waals surface area (Å²) in [4.78, 5) is 72.7. The Morgan fingerprint density at radius 1 is 0.904 bits per heavy atom. The summed E-state index contributed by atoms with van der Waals surface area (Å²) in [6, 6.07) is 8.52. The Morgan fingerprint density at radius 2 is 1.56 bits per heavy atom. The molecule has 1 heterocycles. The van der Waals surface area contributed by atoms with Crippen molar-refractivity contribution in [2.45, 2.75) is 64.1 Å². The smallest absolute Gasteiger partial charge is 0.450 e. The molecule has 0 aliphatic carbocycles. The van der Waals surface area contributed by atoms with E-state index in [4.69, 9.17) is 16.3 Å². The summed E-state index contributed by atoms with van der Waals surface area (Å²) in [5.74, 6) is -14.0. The van der Waals surface area contributed by atoms with E-state index in [1.807, 2.05) is 0 Å². The lowest BCUT2D eigenvalue weighted by Crippen LogP contribution is -2.42. The van der Waals surface area contributed by atoms with Crippen molar-refractivity contribution in [1.29, 1.82) is 0 Å². The van der Waals surface area contributed by atoms with Gasteiger partial charge in [0.1, 0.15) is 18.1 Å². The molecule has 0 fully saturated rings. The van der Waals surface area contributed by atoms with Gasteiger partial charge < -0.3 is 15.4 Å². The summed E-state index contributed by atoms with van der Waals surface area (Å²) in [5.41, 5.74) is -0.389. The normalized spacial score (nSPS) is 13.5. The van der Waals surface area contributed by atoms with Gasteiger partial charge in [0.25, 0.3) is 5.91 Å². The number of nitrogens with one attached hydrogen (secondary N) is 2. The number of benzene rings is 2. The number of Topliss-reactive ketones (excluding diaryl/α,β-unsaturated/α-hetero) is 3. The van der Waals surface area contributed by atoms with Gasteiger partial charge in [-0.3, -0.25) is 24.0 Å². The minimum Gasteiger partial charge on any atom is -0.497 e. The Bertz CT molecular complexity index is 1710. The molecule has 3 atom stereocenters. The number of rotatable bonds is 19. The van der Waals surface area contributed by atoms with Gasteiger partial charge >= 0.3 is 12.1 Å². The average molecular weight is 753 g/mol. The molecule has 0 unspecified atom stereocenters. The van der Waals surface area contributed by atoms with Crippen LogP contribution in [0.25, 0.3) is 0 Å². The number of carbonyl (C=O) groups excluding carboxylic acids is 5. The van der Waals surface area contributed by atoms with Crippen molar-refractivity contribution in [2.75, 3.05) is 13.7 Å². The number of ketones is 3. The first-order valence-corrected chi connectivity index (χ1v) is 16.6. The zero-order chi connectivity index (χ0) is 38.6. The topological polar surface area (TPSA) is 144 Å². The zero-order valence-corrected chi connectivity index (χ0v) is 29.3. The van der Waals surface area contributed by atoms with Gasteiger partial charge in [0.2, 0.25) is 17.5 Å². The van der Waals surface area contributed by atoms with E-state index in [1.54, 1.807) is 0 Å². The van der Waals surface area contributed by atoms with Crippen LogP contribution in [0.3, 0.4) is 0 Å². The van der Waals surface area contributed by atoms with Crippen molar-refractivity contribution in [3.8, 4) is 5.75 Å². The molecule has 280 valence electrons. The first-order valence-electron chi connectivity index (χ1n) is 16.2. The first-order chi connectivity index (χ1) is 24.4. The van der Waals surface area contributed by atoms with Crippen LogP contribution >= 0.6 is 11.6 Å². The molecule has 2 N–H and O–H groups in total. The summed E-state index contributed by atoms with van der Waals surface area (Å²) >= 11 is 5.87. The minimum absolute atomic E-state index is 0.0482. The highest BCUT2D eigenvalue weighted by Gasteiger charge is 2.46. The predicted octanol–water partition coefficient (Wildman–Crippen LogP) is 6.63. The zero-order valence-electron chi connectivity index (χ0n) is 28.5. The highest BCUT2D eigenvalue weighted by atomic mass is 35.5. The van der Waals surface area contributed by atoms with E-state index < -0.39 is 83.5 Å². The Hall–Kier alpha value is -4.79. The highest BCUT2D eigenvalue weighted by molar-refractivity contribution is 6.30.